The molecule has 1 N–H and O–H groups in total. The summed E-state index contributed by atoms with van der Waals surface area (Å²) in [6.45, 7) is 3.85. The highest BCUT2D eigenvalue weighted by atomic mass is 16.2. The van der Waals surface area contributed by atoms with Gasteiger partial charge in [0.1, 0.15) is 0 Å². The summed E-state index contributed by atoms with van der Waals surface area (Å²) in [4.78, 5) is 11.8. The zero-order valence-corrected chi connectivity index (χ0v) is 10.5. The van der Waals surface area contributed by atoms with E-state index >= 15 is 0 Å². The summed E-state index contributed by atoms with van der Waals surface area (Å²) < 4.78 is 0. The van der Waals surface area contributed by atoms with E-state index in [1.807, 2.05) is 51.7 Å². The highest BCUT2D eigenvalue weighted by Gasteiger charge is 2.19. The highest BCUT2D eigenvalue weighted by molar-refractivity contribution is 6.01. The Morgan fingerprint density at radius 1 is 1.11 bits per heavy atom. The molecule has 1 aliphatic rings. The molecule has 1 amide bonds. The van der Waals surface area contributed by atoms with E-state index in [2.05, 4.69) is 10.5 Å². The minimum Gasteiger partial charge on any atom is -0.267 e. The van der Waals surface area contributed by atoms with Gasteiger partial charge in [-0.1, -0.05) is 17.7 Å². The van der Waals surface area contributed by atoms with Crippen LogP contribution < -0.4 is 5.43 Å². The number of hydrogen-bond donors (Lipinski definition) is 1. The van der Waals surface area contributed by atoms with Gasteiger partial charge in [-0.15, -0.1) is 0 Å². The van der Waals surface area contributed by atoms with Crippen molar-refractivity contribution in [2.45, 2.75) is 13.8 Å². The molecule has 0 spiro atoms. The van der Waals surface area contributed by atoms with Crippen molar-refractivity contribution in [3.63, 3.8) is 0 Å². The fourth-order valence-electron chi connectivity index (χ4n) is 1.58. The molecule has 0 unspecified atom stereocenters. The number of amides is 1. The molecule has 5 radical (unpaired) electrons. The SMILES string of the molecule is C/C(=N/NC(=O)c1ccc(C)cc1)[C]1[CH][CH][CH][CH]1. The molecule has 0 heterocycles. The average molecular weight is 239 g/mol. The van der Waals surface area contributed by atoms with Crippen LogP contribution in [0.15, 0.2) is 29.4 Å². The molecule has 91 valence electrons. The number of hydrazone groups is 1. The molecule has 1 aromatic rings. The second-order valence-corrected chi connectivity index (χ2v) is 4.18. The molecule has 1 fully saturated rings. The van der Waals surface area contributed by atoms with Gasteiger partial charge in [-0.2, -0.15) is 5.10 Å². The lowest BCUT2D eigenvalue weighted by atomic mass is 10.0. The summed E-state index contributed by atoms with van der Waals surface area (Å²) in [5, 5.41) is 4.08. The number of aryl methyl sites for hydroxylation is 1. The summed E-state index contributed by atoms with van der Waals surface area (Å²) in [6.07, 6.45) is 7.79. The van der Waals surface area contributed by atoms with Crippen LogP contribution in [0, 0.1) is 38.5 Å². The van der Waals surface area contributed by atoms with E-state index in [1.54, 1.807) is 12.1 Å². The molecule has 0 aromatic heterocycles. The lowest BCUT2D eigenvalue weighted by Crippen LogP contribution is -2.20. The van der Waals surface area contributed by atoms with E-state index in [0.717, 1.165) is 17.2 Å². The Morgan fingerprint density at radius 2 is 1.72 bits per heavy atom. The molecule has 3 heteroatoms. The van der Waals surface area contributed by atoms with Gasteiger partial charge in [-0.05, 0) is 51.7 Å². The number of benzene rings is 1. The van der Waals surface area contributed by atoms with E-state index in [1.165, 1.54) is 0 Å². The van der Waals surface area contributed by atoms with E-state index in [9.17, 15) is 4.79 Å². The van der Waals surface area contributed by atoms with Crippen LogP contribution in [0.2, 0.25) is 0 Å². The number of nitrogens with one attached hydrogen (secondary N) is 1. The van der Waals surface area contributed by atoms with Crippen molar-refractivity contribution in [2.24, 2.45) is 5.10 Å². The second-order valence-electron chi connectivity index (χ2n) is 4.18. The number of carbonyl (C=O) groups is 1. The summed E-state index contributed by atoms with van der Waals surface area (Å²) in [5.74, 6) is 0.820. The number of carbonyl (C=O) groups excluding carboxylic acids is 1. The Labute approximate surface area is 108 Å². The van der Waals surface area contributed by atoms with Crippen molar-refractivity contribution >= 4 is 11.6 Å². The summed E-state index contributed by atoms with van der Waals surface area (Å²) in [6, 6.07) is 7.39. The first-order valence-corrected chi connectivity index (χ1v) is 5.80. The average Bonchev–Trinajstić information content (AvgIpc) is 2.90. The molecule has 0 bridgehead atoms. The minimum absolute atomic E-state index is 0.194. The van der Waals surface area contributed by atoms with Gasteiger partial charge >= 0.3 is 0 Å². The van der Waals surface area contributed by atoms with Crippen molar-refractivity contribution in [3.8, 4) is 0 Å². The Bertz CT molecular complexity index is 442. The smallest absolute Gasteiger partial charge is 0.267 e. The maximum atomic E-state index is 11.8. The van der Waals surface area contributed by atoms with Crippen molar-refractivity contribution < 1.29 is 4.79 Å². The van der Waals surface area contributed by atoms with Crippen LogP contribution in [-0.2, 0) is 0 Å². The molecular weight excluding hydrogens is 224 g/mol. The Hall–Kier alpha value is -1.64. The molecular formula is C15H15N2O. The lowest BCUT2D eigenvalue weighted by molar-refractivity contribution is 0.0955. The van der Waals surface area contributed by atoms with E-state index in [-0.39, 0.29) is 5.91 Å². The molecule has 1 aromatic carbocycles. The van der Waals surface area contributed by atoms with Crippen molar-refractivity contribution in [2.75, 3.05) is 0 Å². The van der Waals surface area contributed by atoms with Crippen LogP contribution in [0.4, 0.5) is 0 Å². The first-order valence-electron chi connectivity index (χ1n) is 5.80. The minimum atomic E-state index is -0.194. The van der Waals surface area contributed by atoms with Gasteiger partial charge < -0.3 is 0 Å². The molecule has 0 aliphatic heterocycles. The highest BCUT2D eigenvalue weighted by Crippen LogP contribution is 2.23. The molecule has 1 saturated carbocycles. The van der Waals surface area contributed by atoms with E-state index in [0.29, 0.717) is 5.56 Å². The van der Waals surface area contributed by atoms with Crippen molar-refractivity contribution in [1.82, 2.24) is 5.43 Å². The Morgan fingerprint density at radius 3 is 2.33 bits per heavy atom. The lowest BCUT2D eigenvalue weighted by Gasteiger charge is -2.07. The normalized spacial score (nSPS) is 16.9. The summed E-state index contributed by atoms with van der Waals surface area (Å²) in [7, 11) is 0. The van der Waals surface area contributed by atoms with Gasteiger partial charge in [0, 0.05) is 17.2 Å². The summed E-state index contributed by atoms with van der Waals surface area (Å²) >= 11 is 0. The van der Waals surface area contributed by atoms with Gasteiger partial charge in [-0.25, -0.2) is 5.43 Å². The molecule has 3 nitrogen and oxygen atoms in total. The van der Waals surface area contributed by atoms with Crippen LogP contribution in [-0.4, -0.2) is 11.6 Å². The van der Waals surface area contributed by atoms with Crippen molar-refractivity contribution in [3.05, 3.63) is 67.0 Å². The maximum absolute atomic E-state index is 11.8. The summed E-state index contributed by atoms with van der Waals surface area (Å²) in [5.41, 5.74) is 5.09. The van der Waals surface area contributed by atoms with E-state index < -0.39 is 0 Å². The van der Waals surface area contributed by atoms with Gasteiger partial charge in [0.2, 0.25) is 0 Å². The molecule has 2 rings (SSSR count). The maximum Gasteiger partial charge on any atom is 0.271 e. The fourth-order valence-corrected chi connectivity index (χ4v) is 1.58. The second kappa shape index (κ2) is 5.80. The van der Waals surface area contributed by atoms with Crippen LogP contribution >= 0.6 is 0 Å². The third kappa shape index (κ3) is 3.19. The third-order valence-corrected chi connectivity index (χ3v) is 2.72. The molecule has 0 atom stereocenters. The zero-order chi connectivity index (χ0) is 13.0. The number of hydrogen-bond acceptors (Lipinski definition) is 2. The van der Waals surface area contributed by atoms with Crippen LogP contribution in [0.5, 0.6) is 0 Å². The van der Waals surface area contributed by atoms with Crippen molar-refractivity contribution in [1.29, 1.82) is 0 Å². The first-order chi connectivity index (χ1) is 8.66. The van der Waals surface area contributed by atoms with Gasteiger partial charge in [-0.3, -0.25) is 4.79 Å². The standard InChI is InChI=1S/C15H15N2O/c1-11-7-9-14(10-8-11)15(18)17-16-12(2)13-5-3-4-6-13/h3-10H,1-2H3,(H,17,18)/b16-12-. The monoisotopic (exact) mass is 239 g/mol. The first kappa shape index (κ1) is 12.8. The topological polar surface area (TPSA) is 41.5 Å². The van der Waals surface area contributed by atoms with Gasteiger partial charge in [0.05, 0.1) is 0 Å². The Kier molecular flexibility index (Phi) is 4.13. The predicted octanol–water partition coefficient (Wildman–Crippen LogP) is 2.51. The molecule has 1 aliphatic carbocycles. The number of nitrogens with zero attached hydrogens (tertiary/aromatic N) is 1. The third-order valence-electron chi connectivity index (χ3n) is 2.72. The quantitative estimate of drug-likeness (QED) is 0.639. The Balaban J connectivity index is 1.94. The zero-order valence-electron chi connectivity index (χ0n) is 10.5. The van der Waals surface area contributed by atoms with Gasteiger partial charge in [0.15, 0.2) is 0 Å². The van der Waals surface area contributed by atoms with E-state index in [4.69, 9.17) is 0 Å². The predicted molar refractivity (Wildman–Crippen MR) is 72.2 cm³/mol. The largest absolute Gasteiger partial charge is 0.271 e. The van der Waals surface area contributed by atoms with Crippen LogP contribution in [0.25, 0.3) is 0 Å². The molecule has 18 heavy (non-hydrogen) atoms. The fraction of sp³-hybridized carbons (Fsp3) is 0.133. The number of rotatable bonds is 3. The molecule has 0 saturated heterocycles. The van der Waals surface area contributed by atoms with Crippen LogP contribution in [0.1, 0.15) is 22.8 Å². The van der Waals surface area contributed by atoms with Gasteiger partial charge in [0.25, 0.3) is 5.91 Å². The van der Waals surface area contributed by atoms with Crippen LogP contribution in [0.3, 0.4) is 0 Å².